The summed E-state index contributed by atoms with van der Waals surface area (Å²) in [6.07, 6.45) is 3.77. The molecule has 1 atom stereocenters. The van der Waals surface area contributed by atoms with Crippen LogP contribution in [0.2, 0.25) is 0 Å². The van der Waals surface area contributed by atoms with Gasteiger partial charge in [-0.3, -0.25) is 9.48 Å². The number of nitrogens with two attached hydrogens (primary N) is 1. The second-order valence-corrected chi connectivity index (χ2v) is 4.20. The predicted molar refractivity (Wildman–Crippen MR) is 65.9 cm³/mol. The number of amides is 1. The van der Waals surface area contributed by atoms with Gasteiger partial charge in [0.25, 0.3) is 0 Å². The fraction of sp³-hybridized carbons (Fsp3) is 0.455. The number of carbonyl (C=O) groups excluding carboxylic acids is 1. The number of aryl methyl sites for hydroxylation is 2. The first-order valence-electron chi connectivity index (χ1n) is 5.87. The van der Waals surface area contributed by atoms with Crippen molar-refractivity contribution in [1.29, 1.82) is 0 Å². The van der Waals surface area contributed by atoms with E-state index >= 15 is 0 Å². The maximum atomic E-state index is 11.8. The molecule has 0 aliphatic rings. The molecular weight excluding hydrogens is 248 g/mol. The van der Waals surface area contributed by atoms with Crippen molar-refractivity contribution in [3.63, 3.8) is 0 Å². The molecule has 102 valence electrons. The lowest BCUT2D eigenvalue weighted by molar-refractivity contribution is -0.122. The molecule has 8 nitrogen and oxygen atoms in total. The Morgan fingerprint density at radius 1 is 1.63 bits per heavy atom. The van der Waals surface area contributed by atoms with E-state index in [0.717, 1.165) is 0 Å². The minimum Gasteiger partial charge on any atom is -0.354 e. The van der Waals surface area contributed by atoms with Gasteiger partial charge in [-0.25, -0.2) is 0 Å². The molecule has 0 saturated carbocycles. The number of nitrogens with zero attached hydrogens (tertiary/aromatic N) is 4. The van der Waals surface area contributed by atoms with Gasteiger partial charge in [-0.1, -0.05) is 5.16 Å². The first kappa shape index (κ1) is 13.2. The second-order valence-electron chi connectivity index (χ2n) is 4.20. The average molecular weight is 264 g/mol. The van der Waals surface area contributed by atoms with Crippen molar-refractivity contribution in [1.82, 2.24) is 25.2 Å². The topological polar surface area (TPSA) is 112 Å². The normalized spacial score (nSPS) is 12.4. The summed E-state index contributed by atoms with van der Waals surface area (Å²) in [6.45, 7) is 2.14. The van der Waals surface area contributed by atoms with Gasteiger partial charge in [0.05, 0.1) is 6.20 Å². The molecule has 2 aromatic rings. The Balaban J connectivity index is 1.81. The first-order chi connectivity index (χ1) is 9.06. The fourth-order valence-electron chi connectivity index (χ4n) is 1.60. The van der Waals surface area contributed by atoms with E-state index in [0.29, 0.717) is 30.2 Å². The van der Waals surface area contributed by atoms with E-state index in [1.807, 2.05) is 0 Å². The fourth-order valence-corrected chi connectivity index (χ4v) is 1.60. The number of carbonyl (C=O) groups is 1. The highest BCUT2D eigenvalue weighted by molar-refractivity contribution is 5.82. The lowest BCUT2D eigenvalue weighted by Crippen LogP contribution is -2.35. The number of hydrogen-bond donors (Lipinski definition) is 2. The third-order valence-corrected chi connectivity index (χ3v) is 2.57. The van der Waals surface area contributed by atoms with E-state index in [4.69, 9.17) is 10.3 Å². The summed E-state index contributed by atoms with van der Waals surface area (Å²) in [7, 11) is 1.77. The molecule has 0 radical (unpaired) electrons. The number of rotatable bonds is 5. The molecule has 1 amide bonds. The summed E-state index contributed by atoms with van der Waals surface area (Å²) in [5.41, 5.74) is 6.49. The molecule has 19 heavy (non-hydrogen) atoms. The highest BCUT2D eigenvalue weighted by Gasteiger charge is 2.17. The van der Waals surface area contributed by atoms with E-state index in [9.17, 15) is 4.79 Å². The van der Waals surface area contributed by atoms with Gasteiger partial charge in [-0.15, -0.1) is 0 Å². The molecule has 0 aromatic carbocycles. The Bertz CT molecular complexity index is 561. The van der Waals surface area contributed by atoms with E-state index in [-0.39, 0.29) is 5.91 Å². The highest BCUT2D eigenvalue weighted by atomic mass is 16.5. The SMILES string of the molecule is Cc1noc(CCNC(=O)C(N)c2cnn(C)c2)n1. The van der Waals surface area contributed by atoms with E-state index in [1.165, 1.54) is 0 Å². The number of aromatic nitrogens is 4. The summed E-state index contributed by atoms with van der Waals surface area (Å²) < 4.78 is 6.54. The first-order valence-corrected chi connectivity index (χ1v) is 5.87. The smallest absolute Gasteiger partial charge is 0.241 e. The molecule has 0 aliphatic heterocycles. The predicted octanol–water partition coefficient (Wildman–Crippen LogP) is -0.530. The molecule has 8 heteroatoms. The van der Waals surface area contributed by atoms with Gasteiger partial charge < -0.3 is 15.6 Å². The van der Waals surface area contributed by atoms with Crippen LogP contribution in [0.1, 0.15) is 23.3 Å². The summed E-state index contributed by atoms with van der Waals surface area (Å²) in [5.74, 6) is 0.811. The van der Waals surface area contributed by atoms with Crippen LogP contribution >= 0.6 is 0 Å². The van der Waals surface area contributed by atoms with Crippen molar-refractivity contribution in [2.45, 2.75) is 19.4 Å². The Hall–Kier alpha value is -2.22. The molecular formula is C11H16N6O2. The van der Waals surface area contributed by atoms with Crippen LogP contribution in [0.3, 0.4) is 0 Å². The lowest BCUT2D eigenvalue weighted by atomic mass is 10.1. The minimum atomic E-state index is -0.724. The summed E-state index contributed by atoms with van der Waals surface area (Å²) in [4.78, 5) is 15.8. The highest BCUT2D eigenvalue weighted by Crippen LogP contribution is 2.08. The van der Waals surface area contributed by atoms with Gasteiger partial charge in [-0.05, 0) is 6.92 Å². The lowest BCUT2D eigenvalue weighted by Gasteiger charge is -2.09. The molecule has 0 spiro atoms. The van der Waals surface area contributed by atoms with Crippen molar-refractivity contribution >= 4 is 5.91 Å². The van der Waals surface area contributed by atoms with Crippen molar-refractivity contribution in [2.75, 3.05) is 6.54 Å². The van der Waals surface area contributed by atoms with Crippen molar-refractivity contribution in [3.8, 4) is 0 Å². The van der Waals surface area contributed by atoms with E-state index in [2.05, 4.69) is 20.6 Å². The van der Waals surface area contributed by atoms with Gasteiger partial charge in [0.15, 0.2) is 5.82 Å². The standard InChI is InChI=1S/C11H16N6O2/c1-7-15-9(19-16-7)3-4-13-11(18)10(12)8-5-14-17(2)6-8/h5-6,10H,3-4,12H2,1-2H3,(H,13,18). The summed E-state index contributed by atoms with van der Waals surface area (Å²) in [6, 6.07) is -0.724. The van der Waals surface area contributed by atoms with Crippen molar-refractivity contribution in [3.05, 3.63) is 29.7 Å². The van der Waals surface area contributed by atoms with Crippen LogP contribution in [-0.4, -0.2) is 32.4 Å². The van der Waals surface area contributed by atoms with Crippen molar-refractivity contribution in [2.24, 2.45) is 12.8 Å². The molecule has 2 heterocycles. The van der Waals surface area contributed by atoms with Crippen LogP contribution in [0.15, 0.2) is 16.9 Å². The van der Waals surface area contributed by atoms with E-state index in [1.54, 1.807) is 31.0 Å². The van der Waals surface area contributed by atoms with Crippen LogP contribution < -0.4 is 11.1 Å². The number of nitrogens with one attached hydrogen (secondary N) is 1. The van der Waals surface area contributed by atoms with Crippen LogP contribution in [0.5, 0.6) is 0 Å². The molecule has 1 unspecified atom stereocenters. The monoisotopic (exact) mass is 264 g/mol. The third-order valence-electron chi connectivity index (χ3n) is 2.57. The maximum Gasteiger partial charge on any atom is 0.241 e. The van der Waals surface area contributed by atoms with Gasteiger partial charge in [0.2, 0.25) is 11.8 Å². The Morgan fingerprint density at radius 3 is 3.00 bits per heavy atom. The zero-order valence-electron chi connectivity index (χ0n) is 10.8. The molecule has 0 aliphatic carbocycles. The number of hydrogen-bond acceptors (Lipinski definition) is 6. The summed E-state index contributed by atoms with van der Waals surface area (Å²) in [5, 5.41) is 10.4. The second kappa shape index (κ2) is 5.61. The molecule has 0 fully saturated rings. The zero-order chi connectivity index (χ0) is 13.8. The van der Waals surface area contributed by atoms with Gasteiger partial charge in [0.1, 0.15) is 6.04 Å². The minimum absolute atomic E-state index is 0.260. The average Bonchev–Trinajstić information content (AvgIpc) is 2.97. The van der Waals surface area contributed by atoms with E-state index < -0.39 is 6.04 Å². The molecule has 2 aromatic heterocycles. The van der Waals surface area contributed by atoms with Crippen LogP contribution in [0.4, 0.5) is 0 Å². The third kappa shape index (κ3) is 3.38. The van der Waals surface area contributed by atoms with Crippen molar-refractivity contribution < 1.29 is 9.32 Å². The summed E-state index contributed by atoms with van der Waals surface area (Å²) >= 11 is 0. The molecule has 0 saturated heterocycles. The largest absolute Gasteiger partial charge is 0.354 e. The Kier molecular flexibility index (Phi) is 3.91. The van der Waals surface area contributed by atoms with Crippen LogP contribution in [-0.2, 0) is 18.3 Å². The maximum absolute atomic E-state index is 11.8. The molecule has 2 rings (SSSR count). The Morgan fingerprint density at radius 2 is 2.42 bits per heavy atom. The van der Waals surface area contributed by atoms with Crippen LogP contribution in [0.25, 0.3) is 0 Å². The van der Waals surface area contributed by atoms with Gasteiger partial charge >= 0.3 is 0 Å². The van der Waals surface area contributed by atoms with Crippen LogP contribution in [0, 0.1) is 6.92 Å². The van der Waals surface area contributed by atoms with Gasteiger partial charge in [-0.2, -0.15) is 10.1 Å². The quantitative estimate of drug-likeness (QED) is 0.750. The van der Waals surface area contributed by atoms with Gasteiger partial charge in [0, 0.05) is 31.8 Å². The Labute approximate surface area is 110 Å². The molecule has 3 N–H and O–H groups in total. The molecule has 0 bridgehead atoms. The zero-order valence-corrected chi connectivity index (χ0v) is 10.8.